The summed E-state index contributed by atoms with van der Waals surface area (Å²) in [6.45, 7) is 0.904. The van der Waals surface area contributed by atoms with E-state index in [1.54, 1.807) is 0 Å². The van der Waals surface area contributed by atoms with Crippen LogP contribution in [0.25, 0.3) is 0 Å². The van der Waals surface area contributed by atoms with Crippen molar-refractivity contribution in [1.29, 1.82) is 0 Å². The van der Waals surface area contributed by atoms with Crippen molar-refractivity contribution >= 4 is 5.78 Å². The first-order valence-corrected chi connectivity index (χ1v) is 6.48. The second kappa shape index (κ2) is 5.64. The van der Waals surface area contributed by atoms with Gasteiger partial charge in [-0.25, -0.2) is 0 Å². The SMILES string of the molecule is O=C(CCC1CCCO1)CC1CCCC1. The highest BCUT2D eigenvalue weighted by molar-refractivity contribution is 5.78. The van der Waals surface area contributed by atoms with Crippen molar-refractivity contribution in [1.82, 2.24) is 0 Å². The fourth-order valence-corrected chi connectivity index (χ4v) is 2.83. The molecule has 2 fully saturated rings. The van der Waals surface area contributed by atoms with E-state index in [1.807, 2.05) is 0 Å². The second-order valence-corrected chi connectivity index (χ2v) is 5.07. The summed E-state index contributed by atoms with van der Waals surface area (Å²) in [6.07, 6.45) is 10.5. The number of ketones is 1. The first-order chi connectivity index (χ1) is 7.34. The third-order valence-electron chi connectivity index (χ3n) is 3.76. The van der Waals surface area contributed by atoms with E-state index in [9.17, 15) is 4.79 Å². The zero-order valence-corrected chi connectivity index (χ0v) is 9.54. The van der Waals surface area contributed by atoms with Crippen molar-refractivity contribution in [3.8, 4) is 0 Å². The van der Waals surface area contributed by atoms with Gasteiger partial charge in [0.1, 0.15) is 5.78 Å². The van der Waals surface area contributed by atoms with E-state index >= 15 is 0 Å². The maximum absolute atomic E-state index is 11.7. The molecule has 2 aliphatic rings. The lowest BCUT2D eigenvalue weighted by atomic mass is 9.97. The maximum atomic E-state index is 11.7. The molecule has 1 atom stereocenters. The molecule has 0 radical (unpaired) electrons. The molecule has 0 N–H and O–H groups in total. The number of carbonyl (C=O) groups excluding carboxylic acids is 1. The number of carbonyl (C=O) groups is 1. The van der Waals surface area contributed by atoms with Gasteiger partial charge in [-0.2, -0.15) is 0 Å². The molecule has 1 aliphatic heterocycles. The van der Waals surface area contributed by atoms with Gasteiger partial charge in [0, 0.05) is 19.4 Å². The summed E-state index contributed by atoms with van der Waals surface area (Å²) < 4.78 is 5.52. The van der Waals surface area contributed by atoms with Gasteiger partial charge in [0.15, 0.2) is 0 Å². The quantitative estimate of drug-likeness (QED) is 0.697. The Kier molecular flexibility index (Phi) is 4.18. The van der Waals surface area contributed by atoms with Crippen molar-refractivity contribution in [3.63, 3.8) is 0 Å². The minimum atomic E-state index is 0.387. The minimum absolute atomic E-state index is 0.387. The van der Waals surface area contributed by atoms with Gasteiger partial charge in [-0.3, -0.25) is 4.79 Å². The van der Waals surface area contributed by atoms with Crippen molar-refractivity contribution < 1.29 is 9.53 Å². The van der Waals surface area contributed by atoms with Crippen LogP contribution in [0.3, 0.4) is 0 Å². The van der Waals surface area contributed by atoms with Gasteiger partial charge in [-0.15, -0.1) is 0 Å². The van der Waals surface area contributed by atoms with E-state index in [2.05, 4.69) is 0 Å². The summed E-state index contributed by atoms with van der Waals surface area (Å²) in [6, 6.07) is 0. The molecule has 15 heavy (non-hydrogen) atoms. The van der Waals surface area contributed by atoms with Gasteiger partial charge in [0.05, 0.1) is 6.10 Å². The summed E-state index contributed by atoms with van der Waals surface area (Å²) in [7, 11) is 0. The molecule has 2 nitrogen and oxygen atoms in total. The topological polar surface area (TPSA) is 26.3 Å². The third-order valence-corrected chi connectivity index (χ3v) is 3.76. The Morgan fingerprint density at radius 2 is 1.93 bits per heavy atom. The Morgan fingerprint density at radius 1 is 1.13 bits per heavy atom. The molecule has 0 aromatic rings. The number of ether oxygens (including phenoxy) is 1. The molecule has 0 spiro atoms. The highest BCUT2D eigenvalue weighted by Gasteiger charge is 2.20. The summed E-state index contributed by atoms with van der Waals surface area (Å²) in [5, 5.41) is 0. The normalized spacial score (nSPS) is 27.3. The van der Waals surface area contributed by atoms with E-state index in [0.29, 0.717) is 17.8 Å². The molecular formula is C13H22O2. The maximum Gasteiger partial charge on any atom is 0.133 e. The highest BCUT2D eigenvalue weighted by Crippen LogP contribution is 2.28. The van der Waals surface area contributed by atoms with Crippen LogP contribution in [-0.4, -0.2) is 18.5 Å². The Balaban J connectivity index is 1.59. The molecule has 2 heteroatoms. The molecule has 1 aliphatic carbocycles. The number of hydrogen-bond acceptors (Lipinski definition) is 2. The molecule has 1 heterocycles. The fraction of sp³-hybridized carbons (Fsp3) is 0.923. The number of Topliss-reactive ketones (excluding diaryl/α,β-unsaturated/α-hetero) is 1. The average Bonchev–Trinajstić information content (AvgIpc) is 2.86. The van der Waals surface area contributed by atoms with Crippen molar-refractivity contribution in [2.24, 2.45) is 5.92 Å². The minimum Gasteiger partial charge on any atom is -0.378 e. The first kappa shape index (κ1) is 11.1. The lowest BCUT2D eigenvalue weighted by Crippen LogP contribution is -2.10. The van der Waals surface area contributed by atoms with Gasteiger partial charge >= 0.3 is 0 Å². The van der Waals surface area contributed by atoms with Crippen LogP contribution in [0.15, 0.2) is 0 Å². The molecule has 0 aromatic heterocycles. The van der Waals surface area contributed by atoms with E-state index in [-0.39, 0.29) is 0 Å². The Labute approximate surface area is 92.4 Å². The number of hydrogen-bond donors (Lipinski definition) is 0. The summed E-state index contributed by atoms with van der Waals surface area (Å²) in [5.41, 5.74) is 0. The van der Waals surface area contributed by atoms with E-state index in [0.717, 1.165) is 32.3 Å². The van der Waals surface area contributed by atoms with Gasteiger partial charge in [-0.05, 0) is 25.2 Å². The highest BCUT2D eigenvalue weighted by atomic mass is 16.5. The van der Waals surface area contributed by atoms with Gasteiger partial charge in [0.2, 0.25) is 0 Å². The van der Waals surface area contributed by atoms with Crippen LogP contribution >= 0.6 is 0 Å². The summed E-state index contributed by atoms with van der Waals surface area (Å²) in [4.78, 5) is 11.7. The predicted molar refractivity (Wildman–Crippen MR) is 59.8 cm³/mol. The molecule has 86 valence electrons. The van der Waals surface area contributed by atoms with Crippen molar-refractivity contribution in [3.05, 3.63) is 0 Å². The molecule has 1 saturated carbocycles. The van der Waals surface area contributed by atoms with Gasteiger partial charge in [0.25, 0.3) is 0 Å². The third kappa shape index (κ3) is 3.60. The zero-order chi connectivity index (χ0) is 10.5. The lowest BCUT2D eigenvalue weighted by molar-refractivity contribution is -0.120. The monoisotopic (exact) mass is 210 g/mol. The largest absolute Gasteiger partial charge is 0.378 e. The molecule has 0 amide bonds. The molecule has 1 unspecified atom stereocenters. The van der Waals surface area contributed by atoms with Crippen LogP contribution in [0.1, 0.15) is 57.8 Å². The lowest BCUT2D eigenvalue weighted by Gasteiger charge is -2.10. The van der Waals surface area contributed by atoms with Crippen LogP contribution in [-0.2, 0) is 9.53 Å². The van der Waals surface area contributed by atoms with Gasteiger partial charge < -0.3 is 4.74 Å². The summed E-state index contributed by atoms with van der Waals surface area (Å²) in [5.74, 6) is 1.18. The van der Waals surface area contributed by atoms with Crippen LogP contribution in [0, 0.1) is 5.92 Å². The second-order valence-electron chi connectivity index (χ2n) is 5.07. The smallest absolute Gasteiger partial charge is 0.133 e. The average molecular weight is 210 g/mol. The van der Waals surface area contributed by atoms with Crippen LogP contribution in [0.2, 0.25) is 0 Å². The Morgan fingerprint density at radius 3 is 2.60 bits per heavy atom. The fourth-order valence-electron chi connectivity index (χ4n) is 2.83. The van der Waals surface area contributed by atoms with E-state index in [4.69, 9.17) is 4.74 Å². The Hall–Kier alpha value is -0.370. The molecular weight excluding hydrogens is 188 g/mol. The van der Waals surface area contributed by atoms with Crippen LogP contribution in [0.4, 0.5) is 0 Å². The predicted octanol–water partition coefficient (Wildman–Crippen LogP) is 3.10. The molecule has 2 rings (SSSR count). The van der Waals surface area contributed by atoms with E-state index < -0.39 is 0 Å². The van der Waals surface area contributed by atoms with Crippen molar-refractivity contribution in [2.75, 3.05) is 6.61 Å². The first-order valence-electron chi connectivity index (χ1n) is 6.48. The van der Waals surface area contributed by atoms with E-state index in [1.165, 1.54) is 32.1 Å². The standard InChI is InChI=1S/C13H22O2/c14-12(10-11-4-1-2-5-11)7-8-13-6-3-9-15-13/h11,13H,1-10H2. The zero-order valence-electron chi connectivity index (χ0n) is 9.54. The Bertz CT molecular complexity index is 201. The molecule has 0 bridgehead atoms. The molecule has 0 aromatic carbocycles. The van der Waals surface area contributed by atoms with Crippen LogP contribution in [0.5, 0.6) is 0 Å². The van der Waals surface area contributed by atoms with Crippen LogP contribution < -0.4 is 0 Å². The summed E-state index contributed by atoms with van der Waals surface area (Å²) >= 11 is 0. The van der Waals surface area contributed by atoms with Crippen molar-refractivity contribution in [2.45, 2.75) is 63.9 Å². The molecule has 1 saturated heterocycles. The van der Waals surface area contributed by atoms with Gasteiger partial charge in [-0.1, -0.05) is 25.7 Å². The number of rotatable bonds is 5.